The van der Waals surface area contributed by atoms with Crippen molar-refractivity contribution in [1.29, 1.82) is 0 Å². The molecule has 4 heteroatoms. The van der Waals surface area contributed by atoms with Crippen LogP contribution in [-0.2, 0) is 4.79 Å². The molecule has 0 aromatic rings. The number of nitrogens with two attached hydrogens (primary N) is 1. The average Bonchev–Trinajstić information content (AvgIpc) is 2.38. The Hall–Kier alpha value is -0.610. The lowest BCUT2D eigenvalue weighted by molar-refractivity contribution is -0.126. The van der Waals surface area contributed by atoms with E-state index in [1.807, 2.05) is 0 Å². The maximum atomic E-state index is 11.9. The van der Waals surface area contributed by atoms with Crippen molar-refractivity contribution in [3.8, 4) is 0 Å². The van der Waals surface area contributed by atoms with E-state index in [2.05, 4.69) is 24.3 Å². The van der Waals surface area contributed by atoms with Gasteiger partial charge in [-0.1, -0.05) is 0 Å². The monoisotopic (exact) mass is 255 g/mol. The first-order valence-electron chi connectivity index (χ1n) is 7.26. The summed E-state index contributed by atoms with van der Waals surface area (Å²) in [5, 5.41) is 3.07. The quantitative estimate of drug-likeness (QED) is 0.672. The molecule has 0 aromatic carbocycles. The van der Waals surface area contributed by atoms with Crippen molar-refractivity contribution in [2.45, 2.75) is 38.5 Å². The predicted molar refractivity (Wildman–Crippen MR) is 75.3 cm³/mol. The van der Waals surface area contributed by atoms with Crippen LogP contribution in [0.1, 0.15) is 38.5 Å². The van der Waals surface area contributed by atoms with E-state index in [-0.39, 0.29) is 11.8 Å². The van der Waals surface area contributed by atoms with E-state index in [4.69, 9.17) is 5.73 Å². The Balaban J connectivity index is 2.07. The van der Waals surface area contributed by atoms with Gasteiger partial charge in [0.05, 0.1) is 0 Å². The van der Waals surface area contributed by atoms with Gasteiger partial charge in [0.25, 0.3) is 0 Å². The molecule has 106 valence electrons. The molecule has 3 N–H and O–H groups in total. The van der Waals surface area contributed by atoms with Gasteiger partial charge in [-0.15, -0.1) is 0 Å². The lowest BCUT2D eigenvalue weighted by Crippen LogP contribution is -2.34. The van der Waals surface area contributed by atoms with E-state index < -0.39 is 0 Å². The zero-order valence-electron chi connectivity index (χ0n) is 12.0. The topological polar surface area (TPSA) is 58.4 Å². The number of rotatable bonds is 7. The first kappa shape index (κ1) is 15.4. The number of carbonyl (C=O) groups is 1. The van der Waals surface area contributed by atoms with Crippen LogP contribution in [-0.4, -0.2) is 44.5 Å². The molecule has 1 saturated carbocycles. The number of carbonyl (C=O) groups excluding carboxylic acids is 1. The fourth-order valence-corrected chi connectivity index (χ4v) is 2.57. The first-order chi connectivity index (χ1) is 8.63. The Labute approximate surface area is 111 Å². The summed E-state index contributed by atoms with van der Waals surface area (Å²) in [5.41, 5.74) is 5.66. The summed E-state index contributed by atoms with van der Waals surface area (Å²) in [5.74, 6) is 1.14. The van der Waals surface area contributed by atoms with Gasteiger partial charge in [0, 0.05) is 12.5 Å². The van der Waals surface area contributed by atoms with Crippen LogP contribution in [0, 0.1) is 11.8 Å². The van der Waals surface area contributed by atoms with E-state index in [0.29, 0.717) is 5.92 Å². The smallest absolute Gasteiger partial charge is 0.223 e. The molecule has 0 unspecified atom stereocenters. The van der Waals surface area contributed by atoms with Gasteiger partial charge in [0.15, 0.2) is 0 Å². The molecule has 0 saturated heterocycles. The van der Waals surface area contributed by atoms with Gasteiger partial charge in [-0.3, -0.25) is 4.79 Å². The van der Waals surface area contributed by atoms with Gasteiger partial charge in [0.1, 0.15) is 0 Å². The number of hydrogen-bond acceptors (Lipinski definition) is 3. The minimum absolute atomic E-state index is 0.238. The van der Waals surface area contributed by atoms with Crippen LogP contribution in [0.2, 0.25) is 0 Å². The summed E-state index contributed by atoms with van der Waals surface area (Å²) >= 11 is 0. The molecule has 1 amide bonds. The molecule has 0 radical (unpaired) electrons. The summed E-state index contributed by atoms with van der Waals surface area (Å²) in [6.07, 6.45) is 6.50. The van der Waals surface area contributed by atoms with Crippen LogP contribution in [0.5, 0.6) is 0 Å². The number of unbranched alkanes of at least 4 members (excludes halogenated alkanes) is 1. The second-order valence-electron chi connectivity index (χ2n) is 5.75. The SMILES string of the molecule is CN(C)CCCCNC(=O)C1CCC(CN)CC1. The Morgan fingerprint density at radius 3 is 2.44 bits per heavy atom. The van der Waals surface area contributed by atoms with Crippen molar-refractivity contribution in [2.24, 2.45) is 17.6 Å². The summed E-state index contributed by atoms with van der Waals surface area (Å²) in [6.45, 7) is 2.69. The minimum atomic E-state index is 0.238. The molecule has 1 aliphatic carbocycles. The zero-order chi connectivity index (χ0) is 13.4. The van der Waals surface area contributed by atoms with Crippen LogP contribution in [0.15, 0.2) is 0 Å². The standard InChI is InChI=1S/C14H29N3O/c1-17(2)10-4-3-9-16-14(18)13-7-5-12(11-15)6-8-13/h12-13H,3-11,15H2,1-2H3,(H,16,18). The van der Waals surface area contributed by atoms with Crippen molar-refractivity contribution in [1.82, 2.24) is 10.2 Å². The van der Waals surface area contributed by atoms with Gasteiger partial charge in [-0.05, 0) is 71.6 Å². The summed E-state index contributed by atoms with van der Waals surface area (Å²) in [7, 11) is 4.16. The molecule has 0 heterocycles. The normalized spacial score (nSPS) is 24.2. The van der Waals surface area contributed by atoms with Gasteiger partial charge >= 0.3 is 0 Å². The van der Waals surface area contributed by atoms with E-state index in [0.717, 1.165) is 58.2 Å². The Morgan fingerprint density at radius 1 is 1.22 bits per heavy atom. The molecular formula is C14H29N3O. The molecular weight excluding hydrogens is 226 g/mol. The highest BCUT2D eigenvalue weighted by Gasteiger charge is 2.25. The van der Waals surface area contributed by atoms with Crippen LogP contribution < -0.4 is 11.1 Å². The van der Waals surface area contributed by atoms with Gasteiger partial charge < -0.3 is 16.0 Å². The minimum Gasteiger partial charge on any atom is -0.356 e. The van der Waals surface area contributed by atoms with Gasteiger partial charge in [-0.25, -0.2) is 0 Å². The van der Waals surface area contributed by atoms with Crippen molar-refractivity contribution >= 4 is 5.91 Å². The third kappa shape index (κ3) is 5.83. The molecule has 0 aromatic heterocycles. The lowest BCUT2D eigenvalue weighted by Gasteiger charge is -2.26. The van der Waals surface area contributed by atoms with Crippen molar-refractivity contribution in [3.05, 3.63) is 0 Å². The molecule has 0 atom stereocenters. The number of nitrogens with one attached hydrogen (secondary N) is 1. The lowest BCUT2D eigenvalue weighted by atomic mass is 9.81. The van der Waals surface area contributed by atoms with Crippen molar-refractivity contribution < 1.29 is 4.79 Å². The fourth-order valence-electron chi connectivity index (χ4n) is 2.57. The van der Waals surface area contributed by atoms with Gasteiger partial charge in [-0.2, -0.15) is 0 Å². The van der Waals surface area contributed by atoms with Crippen LogP contribution >= 0.6 is 0 Å². The van der Waals surface area contributed by atoms with Gasteiger partial charge in [0.2, 0.25) is 5.91 Å². The maximum Gasteiger partial charge on any atom is 0.223 e. The molecule has 0 aliphatic heterocycles. The number of hydrogen-bond donors (Lipinski definition) is 2. The fraction of sp³-hybridized carbons (Fsp3) is 0.929. The molecule has 1 rings (SSSR count). The van der Waals surface area contributed by atoms with E-state index in [9.17, 15) is 4.79 Å². The summed E-state index contributed by atoms with van der Waals surface area (Å²) in [6, 6.07) is 0. The molecule has 4 nitrogen and oxygen atoms in total. The summed E-state index contributed by atoms with van der Waals surface area (Å²) < 4.78 is 0. The Kier molecular flexibility index (Phi) is 7.28. The van der Waals surface area contributed by atoms with Crippen LogP contribution in [0.25, 0.3) is 0 Å². The van der Waals surface area contributed by atoms with E-state index >= 15 is 0 Å². The number of nitrogens with zero attached hydrogens (tertiary/aromatic N) is 1. The number of amides is 1. The molecule has 1 aliphatic rings. The third-order valence-electron chi connectivity index (χ3n) is 3.88. The van der Waals surface area contributed by atoms with Crippen molar-refractivity contribution in [3.63, 3.8) is 0 Å². The van der Waals surface area contributed by atoms with Crippen molar-refractivity contribution in [2.75, 3.05) is 33.7 Å². The maximum absolute atomic E-state index is 11.9. The molecule has 0 bridgehead atoms. The highest BCUT2D eigenvalue weighted by Crippen LogP contribution is 2.28. The Morgan fingerprint density at radius 2 is 1.89 bits per heavy atom. The Bertz CT molecular complexity index is 235. The van der Waals surface area contributed by atoms with Crippen LogP contribution in [0.4, 0.5) is 0 Å². The highest BCUT2D eigenvalue weighted by molar-refractivity contribution is 5.78. The van der Waals surface area contributed by atoms with E-state index in [1.165, 1.54) is 0 Å². The predicted octanol–water partition coefficient (Wildman–Crippen LogP) is 1.21. The second-order valence-corrected chi connectivity index (χ2v) is 5.75. The highest BCUT2D eigenvalue weighted by atomic mass is 16.1. The third-order valence-corrected chi connectivity index (χ3v) is 3.88. The van der Waals surface area contributed by atoms with Crippen LogP contribution in [0.3, 0.4) is 0 Å². The average molecular weight is 255 g/mol. The molecule has 0 spiro atoms. The summed E-state index contributed by atoms with van der Waals surface area (Å²) in [4.78, 5) is 14.1. The molecule has 1 fully saturated rings. The van der Waals surface area contributed by atoms with E-state index in [1.54, 1.807) is 0 Å². The first-order valence-corrected chi connectivity index (χ1v) is 7.26. The second kappa shape index (κ2) is 8.48. The molecule has 18 heavy (non-hydrogen) atoms. The largest absolute Gasteiger partial charge is 0.356 e. The zero-order valence-corrected chi connectivity index (χ0v) is 12.0.